The normalized spacial score (nSPS) is 13.0. The van der Waals surface area contributed by atoms with Crippen LogP contribution >= 0.6 is 0 Å². The van der Waals surface area contributed by atoms with Gasteiger partial charge in [-0.3, -0.25) is 0 Å². The van der Waals surface area contributed by atoms with Gasteiger partial charge in [0.25, 0.3) is 0 Å². The number of aryl methyl sites for hydroxylation is 1. The van der Waals surface area contributed by atoms with Crippen molar-refractivity contribution in [2.45, 2.75) is 19.3 Å². The van der Waals surface area contributed by atoms with Gasteiger partial charge in [-0.25, -0.2) is 4.39 Å². The van der Waals surface area contributed by atoms with Crippen molar-refractivity contribution in [2.75, 3.05) is 0 Å². The summed E-state index contributed by atoms with van der Waals surface area (Å²) in [5.74, 6) is -0.759. The molecule has 0 heterocycles. The predicted molar refractivity (Wildman–Crippen MR) is 70.3 cm³/mol. The van der Waals surface area contributed by atoms with Crippen LogP contribution in [0, 0.1) is 12.7 Å². The number of hydrogen-bond donors (Lipinski definition) is 1. The Labute approximate surface area is 119 Å². The van der Waals surface area contributed by atoms with Crippen LogP contribution in [0.3, 0.4) is 0 Å². The number of rotatable bonds is 3. The zero-order chi connectivity index (χ0) is 15.6. The van der Waals surface area contributed by atoms with Crippen molar-refractivity contribution in [2.24, 2.45) is 5.73 Å². The zero-order valence-corrected chi connectivity index (χ0v) is 11.1. The second-order valence-corrected chi connectivity index (χ2v) is 4.57. The van der Waals surface area contributed by atoms with Crippen molar-refractivity contribution in [3.8, 4) is 5.75 Å². The fourth-order valence-corrected chi connectivity index (χ4v) is 2.00. The van der Waals surface area contributed by atoms with Gasteiger partial charge in [0.05, 0.1) is 6.04 Å². The molecule has 2 aromatic carbocycles. The van der Waals surface area contributed by atoms with Gasteiger partial charge in [0.2, 0.25) is 0 Å². The van der Waals surface area contributed by atoms with E-state index in [1.54, 1.807) is 13.0 Å². The summed E-state index contributed by atoms with van der Waals surface area (Å²) < 4.78 is 54.4. The Morgan fingerprint density at radius 3 is 2.38 bits per heavy atom. The Morgan fingerprint density at radius 1 is 1.10 bits per heavy atom. The first kappa shape index (κ1) is 15.3. The molecule has 0 bridgehead atoms. The molecule has 0 radical (unpaired) electrons. The summed E-state index contributed by atoms with van der Waals surface area (Å²) in [6, 6.07) is 8.97. The summed E-state index contributed by atoms with van der Waals surface area (Å²) in [7, 11) is 0. The predicted octanol–water partition coefficient (Wildman–Crippen LogP) is 4.08. The molecule has 0 spiro atoms. The van der Waals surface area contributed by atoms with Gasteiger partial charge >= 0.3 is 6.36 Å². The van der Waals surface area contributed by atoms with Crippen LogP contribution in [0.5, 0.6) is 5.75 Å². The van der Waals surface area contributed by atoms with Crippen molar-refractivity contribution in [3.63, 3.8) is 0 Å². The lowest BCUT2D eigenvalue weighted by atomic mass is 9.97. The monoisotopic (exact) mass is 299 g/mol. The van der Waals surface area contributed by atoms with Crippen molar-refractivity contribution < 1.29 is 22.3 Å². The average Bonchev–Trinajstić information content (AvgIpc) is 2.40. The van der Waals surface area contributed by atoms with Gasteiger partial charge in [0.1, 0.15) is 11.6 Å². The Kier molecular flexibility index (Phi) is 4.18. The molecule has 0 saturated heterocycles. The van der Waals surface area contributed by atoms with Gasteiger partial charge in [-0.1, -0.05) is 30.3 Å². The second kappa shape index (κ2) is 5.73. The van der Waals surface area contributed by atoms with Crippen LogP contribution in [-0.4, -0.2) is 6.36 Å². The highest BCUT2D eigenvalue weighted by atomic mass is 19.4. The standard InChI is InChI=1S/C15H13F4NO/c1-9-8-10(6-7-12(9)16)14(20)11-4-2-3-5-13(11)21-15(17,18)19/h2-8,14H,20H2,1H3. The number of halogens is 4. The molecule has 0 aromatic heterocycles. The fraction of sp³-hybridized carbons (Fsp3) is 0.200. The van der Waals surface area contributed by atoms with Crippen molar-refractivity contribution in [3.05, 3.63) is 65.0 Å². The lowest BCUT2D eigenvalue weighted by Crippen LogP contribution is -2.20. The number of alkyl halides is 3. The van der Waals surface area contributed by atoms with Gasteiger partial charge in [0.15, 0.2) is 0 Å². The van der Waals surface area contributed by atoms with Gasteiger partial charge < -0.3 is 10.5 Å². The van der Waals surface area contributed by atoms with Crippen molar-refractivity contribution in [1.82, 2.24) is 0 Å². The SMILES string of the molecule is Cc1cc(C(N)c2ccccc2OC(F)(F)F)ccc1F. The molecule has 1 atom stereocenters. The summed E-state index contributed by atoms with van der Waals surface area (Å²) in [6.45, 7) is 1.56. The van der Waals surface area contributed by atoms with E-state index in [1.165, 1.54) is 36.4 Å². The Morgan fingerprint density at radius 2 is 1.76 bits per heavy atom. The average molecular weight is 299 g/mol. The summed E-state index contributed by atoms with van der Waals surface area (Å²) in [5.41, 5.74) is 7.05. The van der Waals surface area contributed by atoms with Gasteiger partial charge in [-0.05, 0) is 30.2 Å². The van der Waals surface area contributed by atoms with E-state index in [1.807, 2.05) is 0 Å². The van der Waals surface area contributed by atoms with E-state index in [0.29, 0.717) is 11.1 Å². The van der Waals surface area contributed by atoms with E-state index in [-0.39, 0.29) is 11.3 Å². The zero-order valence-electron chi connectivity index (χ0n) is 11.1. The molecule has 6 heteroatoms. The summed E-state index contributed by atoms with van der Waals surface area (Å²) in [4.78, 5) is 0. The lowest BCUT2D eigenvalue weighted by Gasteiger charge is -2.18. The third-order valence-electron chi connectivity index (χ3n) is 3.02. The molecule has 2 rings (SSSR count). The van der Waals surface area contributed by atoms with E-state index in [2.05, 4.69) is 4.74 Å². The van der Waals surface area contributed by atoms with E-state index < -0.39 is 18.2 Å². The Hall–Kier alpha value is -2.08. The first-order valence-electron chi connectivity index (χ1n) is 6.14. The third kappa shape index (κ3) is 3.72. The van der Waals surface area contributed by atoms with Crippen LogP contribution in [0.15, 0.2) is 42.5 Å². The highest BCUT2D eigenvalue weighted by Crippen LogP contribution is 2.32. The molecular formula is C15H13F4NO. The molecule has 0 fully saturated rings. The summed E-state index contributed by atoms with van der Waals surface area (Å²) >= 11 is 0. The molecule has 21 heavy (non-hydrogen) atoms. The molecule has 0 saturated carbocycles. The molecule has 0 aliphatic heterocycles. The first-order chi connectivity index (χ1) is 9.78. The van der Waals surface area contributed by atoms with Crippen LogP contribution in [0.4, 0.5) is 17.6 Å². The van der Waals surface area contributed by atoms with Crippen LogP contribution in [0.1, 0.15) is 22.7 Å². The number of para-hydroxylation sites is 1. The maximum atomic E-state index is 13.3. The highest BCUT2D eigenvalue weighted by Gasteiger charge is 2.32. The van der Waals surface area contributed by atoms with Crippen LogP contribution < -0.4 is 10.5 Å². The van der Waals surface area contributed by atoms with E-state index in [9.17, 15) is 17.6 Å². The van der Waals surface area contributed by atoms with Crippen molar-refractivity contribution >= 4 is 0 Å². The van der Waals surface area contributed by atoms with Crippen LogP contribution in [-0.2, 0) is 0 Å². The topological polar surface area (TPSA) is 35.2 Å². The minimum Gasteiger partial charge on any atom is -0.405 e. The van der Waals surface area contributed by atoms with E-state index >= 15 is 0 Å². The Bertz CT molecular complexity index is 640. The van der Waals surface area contributed by atoms with Crippen LogP contribution in [0.25, 0.3) is 0 Å². The van der Waals surface area contributed by atoms with Gasteiger partial charge in [-0.15, -0.1) is 13.2 Å². The third-order valence-corrected chi connectivity index (χ3v) is 3.02. The Balaban J connectivity index is 2.38. The van der Waals surface area contributed by atoms with E-state index in [0.717, 1.165) is 0 Å². The smallest absolute Gasteiger partial charge is 0.405 e. The molecule has 2 aromatic rings. The molecular weight excluding hydrogens is 286 g/mol. The molecule has 2 N–H and O–H groups in total. The minimum atomic E-state index is -4.80. The first-order valence-corrected chi connectivity index (χ1v) is 6.14. The molecule has 0 aliphatic carbocycles. The van der Waals surface area contributed by atoms with Crippen molar-refractivity contribution in [1.29, 1.82) is 0 Å². The van der Waals surface area contributed by atoms with Crippen LogP contribution in [0.2, 0.25) is 0 Å². The molecule has 0 aliphatic rings. The second-order valence-electron chi connectivity index (χ2n) is 4.57. The highest BCUT2D eigenvalue weighted by molar-refractivity contribution is 5.42. The molecule has 1 unspecified atom stereocenters. The number of benzene rings is 2. The number of nitrogens with two attached hydrogens (primary N) is 1. The summed E-state index contributed by atoms with van der Waals surface area (Å²) in [5, 5.41) is 0. The number of ether oxygens (including phenoxy) is 1. The maximum absolute atomic E-state index is 13.3. The maximum Gasteiger partial charge on any atom is 0.573 e. The summed E-state index contributed by atoms with van der Waals surface area (Å²) in [6.07, 6.45) is -4.80. The fourth-order valence-electron chi connectivity index (χ4n) is 2.00. The lowest BCUT2D eigenvalue weighted by molar-refractivity contribution is -0.274. The molecule has 112 valence electrons. The molecule has 0 amide bonds. The van der Waals surface area contributed by atoms with Gasteiger partial charge in [-0.2, -0.15) is 0 Å². The van der Waals surface area contributed by atoms with Gasteiger partial charge in [0, 0.05) is 5.56 Å². The van der Waals surface area contributed by atoms with E-state index in [4.69, 9.17) is 5.73 Å². The largest absolute Gasteiger partial charge is 0.573 e. The molecule has 2 nitrogen and oxygen atoms in total. The number of hydrogen-bond acceptors (Lipinski definition) is 2. The quantitative estimate of drug-likeness (QED) is 0.867. The minimum absolute atomic E-state index is 0.181.